The molecule has 0 N–H and O–H groups in total. The van der Waals surface area contributed by atoms with Crippen LogP contribution in [0.5, 0.6) is 5.75 Å². The molecule has 0 fully saturated rings. The van der Waals surface area contributed by atoms with E-state index in [-0.39, 0.29) is 0 Å². The number of carbonyl (C=O) groups excluding carboxylic acids is 1. The molecule has 21 heavy (non-hydrogen) atoms. The van der Waals surface area contributed by atoms with Crippen molar-refractivity contribution < 1.29 is 9.53 Å². The predicted octanol–water partition coefficient (Wildman–Crippen LogP) is 4.09. The first-order chi connectivity index (χ1) is 10.1. The molecule has 0 aliphatic carbocycles. The third-order valence-electron chi connectivity index (χ3n) is 3.77. The summed E-state index contributed by atoms with van der Waals surface area (Å²) in [5.41, 5.74) is 2.73. The summed E-state index contributed by atoms with van der Waals surface area (Å²) < 4.78 is 5.67. The molecule has 0 aliphatic heterocycles. The Kier molecular flexibility index (Phi) is 4.79. The molecular weight excluding hydrogens is 260 g/mol. The Morgan fingerprint density at radius 2 is 1.90 bits per heavy atom. The van der Waals surface area contributed by atoms with Crippen molar-refractivity contribution in [1.29, 1.82) is 0 Å². The quantitative estimate of drug-likeness (QED) is 0.746. The Balaban J connectivity index is 2.36. The minimum atomic E-state index is -0.542. The van der Waals surface area contributed by atoms with E-state index in [1.165, 1.54) is 5.56 Å². The number of ether oxygens (including phenoxy) is 1. The fourth-order valence-electron chi connectivity index (χ4n) is 2.55. The fourth-order valence-corrected chi connectivity index (χ4v) is 2.55. The van der Waals surface area contributed by atoms with Gasteiger partial charge in [-0.15, -0.1) is 0 Å². The number of benzene rings is 2. The van der Waals surface area contributed by atoms with Crippen LogP contribution in [0.4, 0.5) is 0 Å². The summed E-state index contributed by atoms with van der Waals surface area (Å²) in [6.07, 6.45) is 1.68. The van der Waals surface area contributed by atoms with Gasteiger partial charge in [0, 0.05) is 0 Å². The van der Waals surface area contributed by atoms with E-state index in [9.17, 15) is 4.79 Å². The summed E-state index contributed by atoms with van der Waals surface area (Å²) in [4.78, 5) is 11.8. The van der Waals surface area contributed by atoms with Crippen LogP contribution in [-0.2, 0) is 16.6 Å². The predicted molar refractivity (Wildman–Crippen MR) is 85.9 cm³/mol. The molecule has 2 aromatic rings. The number of para-hydroxylation sites is 1. The third-order valence-corrected chi connectivity index (χ3v) is 3.77. The van der Waals surface area contributed by atoms with E-state index in [0.717, 1.165) is 23.2 Å². The van der Waals surface area contributed by atoms with Gasteiger partial charge in [0.2, 0.25) is 0 Å². The van der Waals surface area contributed by atoms with Gasteiger partial charge < -0.3 is 9.53 Å². The van der Waals surface area contributed by atoms with Crippen molar-refractivity contribution in [3.05, 3.63) is 65.2 Å². The largest absolute Gasteiger partial charge is 0.494 e. The molecule has 0 spiro atoms. The highest BCUT2D eigenvalue weighted by atomic mass is 16.5. The van der Waals surface area contributed by atoms with Crippen LogP contribution >= 0.6 is 0 Å². The van der Waals surface area contributed by atoms with Crippen LogP contribution < -0.4 is 4.74 Å². The highest BCUT2D eigenvalue weighted by Crippen LogP contribution is 2.30. The van der Waals surface area contributed by atoms with E-state index in [0.29, 0.717) is 13.0 Å². The van der Waals surface area contributed by atoms with Crippen LogP contribution in [0.15, 0.2) is 48.5 Å². The summed E-state index contributed by atoms with van der Waals surface area (Å²) in [6.45, 7) is 6.62. The molecular formula is C19H22O2. The van der Waals surface area contributed by atoms with E-state index < -0.39 is 5.41 Å². The van der Waals surface area contributed by atoms with Gasteiger partial charge in [-0.3, -0.25) is 0 Å². The summed E-state index contributed by atoms with van der Waals surface area (Å²) >= 11 is 0. The first kappa shape index (κ1) is 15.3. The lowest BCUT2D eigenvalue weighted by Crippen LogP contribution is -2.27. The maximum atomic E-state index is 11.8. The molecule has 2 heteroatoms. The molecule has 0 aliphatic rings. The average Bonchev–Trinajstić information content (AvgIpc) is 2.49. The standard InChI is InChI=1S/C19H22O2/c1-4-21-18-11-6-5-9-16(18)13-19(3,14-20)17-10-7-8-15(2)12-17/h5-12,14H,4,13H2,1-3H3. The third kappa shape index (κ3) is 3.52. The second-order valence-electron chi connectivity index (χ2n) is 5.62. The number of aryl methyl sites for hydroxylation is 1. The van der Waals surface area contributed by atoms with Gasteiger partial charge >= 0.3 is 0 Å². The number of rotatable bonds is 6. The lowest BCUT2D eigenvalue weighted by molar-refractivity contribution is -0.112. The van der Waals surface area contributed by atoms with E-state index in [4.69, 9.17) is 4.74 Å². The first-order valence-electron chi connectivity index (χ1n) is 7.33. The molecule has 2 aromatic carbocycles. The van der Waals surface area contributed by atoms with Crippen molar-refractivity contribution in [2.45, 2.75) is 32.6 Å². The molecule has 0 radical (unpaired) electrons. The maximum absolute atomic E-state index is 11.8. The van der Waals surface area contributed by atoms with Crippen LogP contribution in [0, 0.1) is 6.92 Å². The van der Waals surface area contributed by atoms with Crippen molar-refractivity contribution in [3.8, 4) is 5.75 Å². The fraction of sp³-hybridized carbons (Fsp3) is 0.316. The molecule has 0 saturated heterocycles. The van der Waals surface area contributed by atoms with Crippen molar-refractivity contribution in [2.75, 3.05) is 6.61 Å². The van der Waals surface area contributed by atoms with Crippen molar-refractivity contribution in [1.82, 2.24) is 0 Å². The summed E-state index contributed by atoms with van der Waals surface area (Å²) in [5.74, 6) is 0.862. The second kappa shape index (κ2) is 6.57. The van der Waals surface area contributed by atoms with Crippen LogP contribution in [0.1, 0.15) is 30.5 Å². The van der Waals surface area contributed by atoms with Gasteiger partial charge in [0.25, 0.3) is 0 Å². The molecule has 0 aromatic heterocycles. The zero-order valence-electron chi connectivity index (χ0n) is 12.9. The number of hydrogen-bond donors (Lipinski definition) is 0. The maximum Gasteiger partial charge on any atom is 0.130 e. The zero-order chi connectivity index (χ0) is 15.3. The molecule has 1 atom stereocenters. The molecule has 1 unspecified atom stereocenters. The number of hydrogen-bond acceptors (Lipinski definition) is 2. The van der Waals surface area contributed by atoms with Gasteiger partial charge in [-0.1, -0.05) is 48.0 Å². The summed E-state index contributed by atoms with van der Waals surface area (Å²) in [5, 5.41) is 0. The topological polar surface area (TPSA) is 26.3 Å². The van der Waals surface area contributed by atoms with Crippen LogP contribution in [0.25, 0.3) is 0 Å². The van der Waals surface area contributed by atoms with E-state index in [2.05, 4.69) is 6.07 Å². The van der Waals surface area contributed by atoms with E-state index in [1.807, 2.05) is 63.2 Å². The summed E-state index contributed by atoms with van der Waals surface area (Å²) in [7, 11) is 0. The molecule has 0 heterocycles. The Labute approximate surface area is 126 Å². The monoisotopic (exact) mass is 282 g/mol. The van der Waals surface area contributed by atoms with E-state index >= 15 is 0 Å². The highest BCUT2D eigenvalue weighted by molar-refractivity contribution is 5.69. The molecule has 2 rings (SSSR count). The Hall–Kier alpha value is -2.09. The Bertz CT molecular complexity index is 618. The van der Waals surface area contributed by atoms with E-state index in [1.54, 1.807) is 0 Å². The van der Waals surface area contributed by atoms with Crippen LogP contribution in [0.2, 0.25) is 0 Å². The molecule has 0 amide bonds. The number of carbonyl (C=O) groups is 1. The summed E-state index contributed by atoms with van der Waals surface area (Å²) in [6, 6.07) is 16.1. The van der Waals surface area contributed by atoms with Crippen LogP contribution in [0.3, 0.4) is 0 Å². The lowest BCUT2D eigenvalue weighted by Gasteiger charge is -2.25. The van der Waals surface area contributed by atoms with Gasteiger partial charge in [0.05, 0.1) is 12.0 Å². The van der Waals surface area contributed by atoms with Gasteiger partial charge in [-0.2, -0.15) is 0 Å². The van der Waals surface area contributed by atoms with Gasteiger partial charge in [0.15, 0.2) is 0 Å². The highest BCUT2D eigenvalue weighted by Gasteiger charge is 2.27. The Morgan fingerprint density at radius 3 is 2.57 bits per heavy atom. The van der Waals surface area contributed by atoms with Crippen molar-refractivity contribution in [2.24, 2.45) is 0 Å². The van der Waals surface area contributed by atoms with Gasteiger partial charge in [-0.25, -0.2) is 0 Å². The first-order valence-corrected chi connectivity index (χ1v) is 7.33. The van der Waals surface area contributed by atoms with Crippen LogP contribution in [-0.4, -0.2) is 12.9 Å². The SMILES string of the molecule is CCOc1ccccc1CC(C)(C=O)c1cccc(C)c1. The molecule has 2 nitrogen and oxygen atoms in total. The number of aldehydes is 1. The van der Waals surface area contributed by atoms with Crippen molar-refractivity contribution in [3.63, 3.8) is 0 Å². The second-order valence-corrected chi connectivity index (χ2v) is 5.62. The van der Waals surface area contributed by atoms with Crippen molar-refractivity contribution >= 4 is 6.29 Å². The zero-order valence-corrected chi connectivity index (χ0v) is 12.9. The molecule has 0 bridgehead atoms. The molecule has 110 valence electrons. The average molecular weight is 282 g/mol. The lowest BCUT2D eigenvalue weighted by atomic mass is 9.78. The minimum absolute atomic E-state index is 0.542. The minimum Gasteiger partial charge on any atom is -0.494 e. The Morgan fingerprint density at radius 1 is 1.14 bits per heavy atom. The smallest absolute Gasteiger partial charge is 0.130 e. The normalized spacial score (nSPS) is 13.5. The van der Waals surface area contributed by atoms with Gasteiger partial charge in [0.1, 0.15) is 12.0 Å². The molecule has 0 saturated carbocycles. The van der Waals surface area contributed by atoms with Gasteiger partial charge in [-0.05, 0) is 44.4 Å².